The molecule has 2 aromatic rings. The van der Waals surface area contributed by atoms with Crippen LogP contribution >= 0.6 is 11.6 Å². The number of para-hydroxylation sites is 1. The first-order valence-corrected chi connectivity index (χ1v) is 8.63. The van der Waals surface area contributed by atoms with Crippen LogP contribution in [0, 0.1) is 10.1 Å². The Morgan fingerprint density at radius 3 is 2.62 bits per heavy atom. The van der Waals surface area contributed by atoms with E-state index < -0.39 is 25.5 Å². The van der Waals surface area contributed by atoms with Crippen LogP contribution in [-0.2, 0) is 10.0 Å². The van der Waals surface area contributed by atoms with Gasteiger partial charge in [-0.3, -0.25) is 15.1 Å². The zero-order chi connectivity index (χ0) is 17.7. The smallest absolute Gasteiger partial charge is 0.289 e. The number of hydrogen-bond donors (Lipinski definition) is 1. The zero-order valence-corrected chi connectivity index (χ0v) is 13.9. The summed E-state index contributed by atoms with van der Waals surface area (Å²) in [6.45, 7) is 0.219. The highest BCUT2D eigenvalue weighted by atomic mass is 35.5. The van der Waals surface area contributed by atoms with Crippen molar-refractivity contribution in [2.24, 2.45) is 5.73 Å². The summed E-state index contributed by atoms with van der Waals surface area (Å²) in [6, 6.07) is 5.09. The van der Waals surface area contributed by atoms with Crippen molar-refractivity contribution in [2.75, 3.05) is 17.4 Å². The highest BCUT2D eigenvalue weighted by Gasteiger charge is 2.32. The number of rotatable bonds is 7. The highest BCUT2D eigenvalue weighted by Crippen LogP contribution is 2.29. The summed E-state index contributed by atoms with van der Waals surface area (Å²) < 4.78 is 26.8. The van der Waals surface area contributed by atoms with E-state index in [4.69, 9.17) is 17.3 Å². The van der Waals surface area contributed by atoms with Gasteiger partial charge >= 0.3 is 0 Å². The number of halogens is 1. The summed E-state index contributed by atoms with van der Waals surface area (Å²) in [5.74, 6) is -0.0332. The van der Waals surface area contributed by atoms with E-state index in [1.165, 1.54) is 30.6 Å². The maximum absolute atomic E-state index is 12.9. The predicted octanol–water partition coefficient (Wildman–Crippen LogP) is 1.58. The van der Waals surface area contributed by atoms with Crippen LogP contribution in [0.4, 0.5) is 11.5 Å². The van der Waals surface area contributed by atoms with Crippen molar-refractivity contribution in [3.63, 3.8) is 0 Å². The van der Waals surface area contributed by atoms with Crippen LogP contribution in [0.1, 0.15) is 6.42 Å². The Balaban J connectivity index is 2.58. The Morgan fingerprint density at radius 1 is 1.29 bits per heavy atom. The minimum absolute atomic E-state index is 0.00279. The van der Waals surface area contributed by atoms with Crippen LogP contribution in [0.5, 0.6) is 0 Å². The van der Waals surface area contributed by atoms with Crippen LogP contribution in [-0.4, -0.2) is 36.4 Å². The minimum Gasteiger partial charge on any atom is -0.330 e. The molecule has 1 aromatic heterocycles. The molecule has 0 fully saturated rings. The first-order chi connectivity index (χ1) is 11.4. The molecule has 9 nitrogen and oxygen atoms in total. The molecule has 1 aromatic carbocycles. The standard InChI is InChI=1S/C13H14ClN5O4S/c14-12-8-16-9-13(17-12)18(7-3-6-15)24(22,23)11-5-2-1-4-10(11)19(20)21/h1-2,4-5,8-9H,3,6-7,15H2. The predicted molar refractivity (Wildman–Crippen MR) is 88.3 cm³/mol. The summed E-state index contributed by atoms with van der Waals surface area (Å²) in [5.41, 5.74) is 4.93. The lowest BCUT2D eigenvalue weighted by Crippen LogP contribution is -2.34. The van der Waals surface area contributed by atoms with Gasteiger partial charge in [-0.05, 0) is 19.0 Å². The number of nitrogens with two attached hydrogens (primary N) is 1. The van der Waals surface area contributed by atoms with Crippen LogP contribution in [0.3, 0.4) is 0 Å². The monoisotopic (exact) mass is 371 g/mol. The van der Waals surface area contributed by atoms with Crippen molar-refractivity contribution < 1.29 is 13.3 Å². The third-order valence-corrected chi connectivity index (χ3v) is 5.08. The second-order valence-corrected chi connectivity index (χ2v) is 6.86. The summed E-state index contributed by atoms with van der Waals surface area (Å²) in [4.78, 5) is 17.7. The van der Waals surface area contributed by atoms with Crippen molar-refractivity contribution in [3.05, 3.63) is 51.9 Å². The molecule has 2 N–H and O–H groups in total. The highest BCUT2D eigenvalue weighted by molar-refractivity contribution is 7.93. The average Bonchev–Trinajstić information content (AvgIpc) is 2.55. The van der Waals surface area contributed by atoms with E-state index >= 15 is 0 Å². The molecule has 0 atom stereocenters. The molecule has 0 unspecified atom stereocenters. The lowest BCUT2D eigenvalue weighted by molar-refractivity contribution is -0.387. The molecule has 128 valence electrons. The van der Waals surface area contributed by atoms with Gasteiger partial charge in [-0.1, -0.05) is 23.7 Å². The lowest BCUT2D eigenvalue weighted by atomic mass is 10.3. The zero-order valence-electron chi connectivity index (χ0n) is 12.4. The van der Waals surface area contributed by atoms with Gasteiger partial charge in [0.25, 0.3) is 15.7 Å². The Labute approximate surface area is 143 Å². The lowest BCUT2D eigenvalue weighted by Gasteiger charge is -2.22. The molecule has 0 radical (unpaired) electrons. The normalized spacial score (nSPS) is 11.2. The summed E-state index contributed by atoms with van der Waals surface area (Å²) >= 11 is 5.77. The number of benzene rings is 1. The Morgan fingerprint density at radius 2 is 2.00 bits per heavy atom. The molecule has 1 heterocycles. The van der Waals surface area contributed by atoms with Gasteiger partial charge in [0.15, 0.2) is 10.7 Å². The molecule has 0 aliphatic carbocycles. The molecule has 0 amide bonds. The number of aromatic nitrogens is 2. The molecule has 11 heteroatoms. The summed E-state index contributed by atoms with van der Waals surface area (Å²) in [6.07, 6.45) is 2.80. The van der Waals surface area contributed by atoms with Crippen molar-refractivity contribution >= 4 is 33.1 Å². The number of nitro benzene ring substituents is 1. The number of nitrogens with zero attached hydrogens (tertiary/aromatic N) is 4. The second-order valence-electron chi connectivity index (χ2n) is 4.64. The van der Waals surface area contributed by atoms with Gasteiger partial charge < -0.3 is 5.73 Å². The van der Waals surface area contributed by atoms with E-state index in [1.807, 2.05) is 0 Å². The fourth-order valence-corrected chi connectivity index (χ4v) is 3.73. The van der Waals surface area contributed by atoms with Crippen LogP contribution in [0.2, 0.25) is 5.15 Å². The number of sulfonamides is 1. The first-order valence-electron chi connectivity index (χ1n) is 6.81. The minimum atomic E-state index is -4.24. The molecular weight excluding hydrogens is 358 g/mol. The quantitative estimate of drug-likeness (QED) is 0.577. The molecule has 0 bridgehead atoms. The van der Waals surface area contributed by atoms with Gasteiger partial charge in [-0.2, -0.15) is 0 Å². The third-order valence-electron chi connectivity index (χ3n) is 3.04. The van der Waals surface area contributed by atoms with Crippen molar-refractivity contribution in [1.29, 1.82) is 0 Å². The van der Waals surface area contributed by atoms with Crippen LogP contribution < -0.4 is 10.0 Å². The van der Waals surface area contributed by atoms with Crippen LogP contribution in [0.15, 0.2) is 41.6 Å². The van der Waals surface area contributed by atoms with Gasteiger partial charge in [0.1, 0.15) is 5.15 Å². The maximum atomic E-state index is 12.9. The molecule has 0 aliphatic heterocycles. The van der Waals surface area contributed by atoms with Gasteiger partial charge in [0, 0.05) is 12.6 Å². The average molecular weight is 372 g/mol. The van der Waals surface area contributed by atoms with E-state index in [-0.39, 0.29) is 24.1 Å². The molecular formula is C13H14ClN5O4S. The molecule has 0 saturated carbocycles. The largest absolute Gasteiger partial charge is 0.330 e. The topological polar surface area (TPSA) is 132 Å². The van der Waals surface area contributed by atoms with Gasteiger partial charge in [-0.25, -0.2) is 17.7 Å². The maximum Gasteiger partial charge on any atom is 0.289 e. The van der Waals surface area contributed by atoms with E-state index in [0.717, 1.165) is 10.4 Å². The summed E-state index contributed by atoms with van der Waals surface area (Å²) in [7, 11) is -4.24. The number of nitro groups is 1. The Kier molecular flexibility index (Phi) is 5.65. The van der Waals surface area contributed by atoms with Crippen LogP contribution in [0.25, 0.3) is 0 Å². The summed E-state index contributed by atoms with van der Waals surface area (Å²) in [5, 5.41) is 11.2. The van der Waals surface area contributed by atoms with E-state index in [2.05, 4.69) is 9.97 Å². The molecule has 0 saturated heterocycles. The number of anilines is 1. The van der Waals surface area contributed by atoms with E-state index in [9.17, 15) is 18.5 Å². The fraction of sp³-hybridized carbons (Fsp3) is 0.231. The molecule has 0 spiro atoms. The van der Waals surface area contributed by atoms with E-state index in [0.29, 0.717) is 6.42 Å². The van der Waals surface area contributed by atoms with Gasteiger partial charge in [0.2, 0.25) is 0 Å². The third kappa shape index (κ3) is 3.78. The number of hydrogen-bond acceptors (Lipinski definition) is 7. The fourth-order valence-electron chi connectivity index (χ4n) is 1.99. The molecule has 24 heavy (non-hydrogen) atoms. The SMILES string of the molecule is NCCCN(c1cncc(Cl)n1)S(=O)(=O)c1ccccc1[N+](=O)[O-]. The van der Waals surface area contributed by atoms with Gasteiger partial charge in [0.05, 0.1) is 17.3 Å². The van der Waals surface area contributed by atoms with Gasteiger partial charge in [-0.15, -0.1) is 0 Å². The van der Waals surface area contributed by atoms with Crippen molar-refractivity contribution in [3.8, 4) is 0 Å². The Hall–Kier alpha value is -2.30. The second kappa shape index (κ2) is 7.51. The van der Waals surface area contributed by atoms with Crippen molar-refractivity contribution in [1.82, 2.24) is 9.97 Å². The van der Waals surface area contributed by atoms with E-state index in [1.54, 1.807) is 0 Å². The Bertz CT molecular complexity index is 846. The first kappa shape index (κ1) is 18.0. The molecule has 2 rings (SSSR count). The van der Waals surface area contributed by atoms with Crippen molar-refractivity contribution in [2.45, 2.75) is 11.3 Å². The molecule has 0 aliphatic rings.